The summed E-state index contributed by atoms with van der Waals surface area (Å²) >= 11 is 6.06. The van der Waals surface area contributed by atoms with Gasteiger partial charge in [-0.05, 0) is 30.8 Å². The van der Waals surface area contributed by atoms with Crippen LogP contribution in [0.3, 0.4) is 0 Å². The Morgan fingerprint density at radius 2 is 2.05 bits per heavy atom. The van der Waals surface area contributed by atoms with Crippen LogP contribution >= 0.6 is 11.6 Å². The topological polar surface area (TPSA) is 25.4 Å². The van der Waals surface area contributed by atoms with Crippen LogP contribution in [0, 0.1) is 0 Å². The van der Waals surface area contributed by atoms with Gasteiger partial charge in [-0.25, -0.2) is 4.98 Å². The van der Waals surface area contributed by atoms with Crippen molar-refractivity contribution in [1.82, 2.24) is 9.88 Å². The molecule has 4 heteroatoms. The Labute approximate surface area is 118 Å². The predicted octanol–water partition coefficient (Wildman–Crippen LogP) is 3.38. The van der Waals surface area contributed by atoms with E-state index in [1.54, 1.807) is 13.3 Å². The van der Waals surface area contributed by atoms with Crippen molar-refractivity contribution in [1.29, 1.82) is 0 Å². The van der Waals surface area contributed by atoms with Gasteiger partial charge in [0.25, 0.3) is 0 Å². The van der Waals surface area contributed by atoms with E-state index in [1.807, 2.05) is 30.3 Å². The Morgan fingerprint density at radius 1 is 1.21 bits per heavy atom. The van der Waals surface area contributed by atoms with E-state index in [0.717, 1.165) is 24.4 Å². The number of nitrogens with zero attached hydrogens (tertiary/aromatic N) is 2. The molecule has 0 atom stereocenters. The molecule has 0 fully saturated rings. The number of ether oxygens (including phenoxy) is 1. The van der Waals surface area contributed by atoms with E-state index in [0.29, 0.717) is 5.15 Å². The fourth-order valence-electron chi connectivity index (χ4n) is 1.97. The monoisotopic (exact) mass is 276 g/mol. The third-order valence-electron chi connectivity index (χ3n) is 2.86. The second-order valence-corrected chi connectivity index (χ2v) is 4.84. The van der Waals surface area contributed by atoms with Crippen LogP contribution in [0.4, 0.5) is 0 Å². The summed E-state index contributed by atoms with van der Waals surface area (Å²) in [6.07, 6.45) is 1.70. The minimum atomic E-state index is 0.569. The van der Waals surface area contributed by atoms with Crippen molar-refractivity contribution in [2.75, 3.05) is 14.2 Å². The molecule has 0 unspecified atom stereocenters. The standard InChI is InChI=1S/C15H17ClN2O/c1-18(11-13-6-4-8-17-15(13)16)10-12-5-3-7-14(9-12)19-2/h3-9H,10-11H2,1-2H3. The summed E-state index contributed by atoms with van der Waals surface area (Å²) in [4.78, 5) is 6.28. The van der Waals surface area contributed by atoms with Crippen molar-refractivity contribution in [2.45, 2.75) is 13.1 Å². The molecular formula is C15H17ClN2O. The molecule has 0 N–H and O–H groups in total. The van der Waals surface area contributed by atoms with E-state index in [1.165, 1.54) is 5.56 Å². The SMILES string of the molecule is COc1cccc(CN(C)Cc2cccnc2Cl)c1. The van der Waals surface area contributed by atoms with Crippen LogP contribution in [-0.2, 0) is 13.1 Å². The number of pyridine rings is 1. The predicted molar refractivity (Wildman–Crippen MR) is 77.4 cm³/mol. The van der Waals surface area contributed by atoms with Crippen LogP contribution in [0.15, 0.2) is 42.6 Å². The highest BCUT2D eigenvalue weighted by Gasteiger charge is 2.06. The third kappa shape index (κ3) is 3.94. The molecule has 0 aliphatic carbocycles. The van der Waals surface area contributed by atoms with Crippen molar-refractivity contribution in [3.63, 3.8) is 0 Å². The highest BCUT2D eigenvalue weighted by atomic mass is 35.5. The Hall–Kier alpha value is -1.58. The quantitative estimate of drug-likeness (QED) is 0.783. The van der Waals surface area contributed by atoms with E-state index in [4.69, 9.17) is 16.3 Å². The minimum Gasteiger partial charge on any atom is -0.497 e. The lowest BCUT2D eigenvalue weighted by Crippen LogP contribution is -2.17. The molecule has 0 amide bonds. The Morgan fingerprint density at radius 3 is 2.79 bits per heavy atom. The van der Waals surface area contributed by atoms with Gasteiger partial charge in [-0.2, -0.15) is 0 Å². The normalized spacial score (nSPS) is 10.7. The van der Waals surface area contributed by atoms with E-state index in [9.17, 15) is 0 Å². The first-order valence-corrected chi connectivity index (χ1v) is 6.47. The van der Waals surface area contributed by atoms with Gasteiger partial charge in [0.1, 0.15) is 10.9 Å². The first-order valence-electron chi connectivity index (χ1n) is 6.10. The zero-order valence-electron chi connectivity index (χ0n) is 11.1. The molecule has 3 nitrogen and oxygen atoms in total. The largest absolute Gasteiger partial charge is 0.497 e. The molecule has 2 aromatic rings. The number of rotatable bonds is 5. The fraction of sp³-hybridized carbons (Fsp3) is 0.267. The van der Waals surface area contributed by atoms with E-state index in [-0.39, 0.29) is 0 Å². The summed E-state index contributed by atoms with van der Waals surface area (Å²) in [7, 11) is 3.74. The Balaban J connectivity index is 2.01. The van der Waals surface area contributed by atoms with E-state index < -0.39 is 0 Å². The van der Waals surface area contributed by atoms with E-state index in [2.05, 4.69) is 23.0 Å². The maximum atomic E-state index is 6.06. The smallest absolute Gasteiger partial charge is 0.133 e. The number of halogens is 1. The second-order valence-electron chi connectivity index (χ2n) is 4.48. The second kappa shape index (κ2) is 6.55. The van der Waals surface area contributed by atoms with Crippen LogP contribution in [0.25, 0.3) is 0 Å². The van der Waals surface area contributed by atoms with Gasteiger partial charge in [-0.1, -0.05) is 29.8 Å². The summed E-state index contributed by atoms with van der Waals surface area (Å²) in [5.74, 6) is 0.880. The molecule has 19 heavy (non-hydrogen) atoms. The molecule has 1 heterocycles. The van der Waals surface area contributed by atoms with Crippen LogP contribution < -0.4 is 4.74 Å². The van der Waals surface area contributed by atoms with Gasteiger partial charge < -0.3 is 4.74 Å². The summed E-state index contributed by atoms with van der Waals surface area (Å²) in [5.41, 5.74) is 2.25. The average molecular weight is 277 g/mol. The highest BCUT2D eigenvalue weighted by molar-refractivity contribution is 6.30. The average Bonchev–Trinajstić information content (AvgIpc) is 2.41. The van der Waals surface area contributed by atoms with Crippen molar-refractivity contribution >= 4 is 11.6 Å². The van der Waals surface area contributed by atoms with Crippen molar-refractivity contribution in [3.8, 4) is 5.75 Å². The zero-order chi connectivity index (χ0) is 13.7. The zero-order valence-corrected chi connectivity index (χ0v) is 11.9. The van der Waals surface area contributed by atoms with Crippen LogP contribution in [0.2, 0.25) is 5.15 Å². The molecule has 0 aliphatic heterocycles. The van der Waals surface area contributed by atoms with Gasteiger partial charge in [0.2, 0.25) is 0 Å². The Bertz CT molecular complexity index is 545. The molecule has 0 saturated carbocycles. The molecule has 0 saturated heterocycles. The minimum absolute atomic E-state index is 0.569. The molecule has 1 aromatic carbocycles. The molecule has 100 valence electrons. The van der Waals surface area contributed by atoms with Gasteiger partial charge >= 0.3 is 0 Å². The molecule has 2 rings (SSSR count). The van der Waals surface area contributed by atoms with Gasteiger partial charge in [0.15, 0.2) is 0 Å². The highest BCUT2D eigenvalue weighted by Crippen LogP contribution is 2.17. The third-order valence-corrected chi connectivity index (χ3v) is 3.20. The van der Waals surface area contributed by atoms with Crippen LogP contribution in [0.5, 0.6) is 5.75 Å². The number of methoxy groups -OCH3 is 1. The van der Waals surface area contributed by atoms with Gasteiger partial charge in [-0.3, -0.25) is 4.90 Å². The van der Waals surface area contributed by atoms with Crippen LogP contribution in [-0.4, -0.2) is 24.0 Å². The van der Waals surface area contributed by atoms with Crippen molar-refractivity contribution in [2.24, 2.45) is 0 Å². The van der Waals surface area contributed by atoms with Crippen molar-refractivity contribution in [3.05, 3.63) is 58.9 Å². The molecular weight excluding hydrogens is 260 g/mol. The summed E-state index contributed by atoms with van der Waals surface area (Å²) in [5, 5.41) is 0.569. The molecule has 1 aromatic heterocycles. The lowest BCUT2D eigenvalue weighted by molar-refractivity contribution is 0.318. The maximum Gasteiger partial charge on any atom is 0.133 e. The molecule has 0 spiro atoms. The first kappa shape index (κ1) is 13.8. The number of aromatic nitrogens is 1. The molecule has 0 aliphatic rings. The molecule has 0 radical (unpaired) electrons. The van der Waals surface area contributed by atoms with E-state index >= 15 is 0 Å². The summed E-state index contributed by atoms with van der Waals surface area (Å²) in [6.45, 7) is 1.60. The van der Waals surface area contributed by atoms with Crippen molar-refractivity contribution < 1.29 is 4.74 Å². The maximum absolute atomic E-state index is 6.06. The molecule has 0 bridgehead atoms. The van der Waals surface area contributed by atoms with Gasteiger partial charge in [-0.15, -0.1) is 0 Å². The van der Waals surface area contributed by atoms with Gasteiger partial charge in [0, 0.05) is 24.8 Å². The number of benzene rings is 1. The first-order chi connectivity index (χ1) is 9.19. The number of hydrogen-bond donors (Lipinski definition) is 0. The lowest BCUT2D eigenvalue weighted by Gasteiger charge is -2.17. The summed E-state index contributed by atoms with van der Waals surface area (Å²) < 4.78 is 5.22. The number of hydrogen-bond acceptors (Lipinski definition) is 3. The Kier molecular flexibility index (Phi) is 4.77. The van der Waals surface area contributed by atoms with Gasteiger partial charge in [0.05, 0.1) is 7.11 Å². The fourth-order valence-corrected chi connectivity index (χ4v) is 2.15. The summed E-state index contributed by atoms with van der Waals surface area (Å²) in [6, 6.07) is 12.0. The lowest BCUT2D eigenvalue weighted by atomic mass is 10.2. The van der Waals surface area contributed by atoms with Crippen LogP contribution in [0.1, 0.15) is 11.1 Å².